The minimum absolute atomic E-state index is 0.0268. The molecule has 3 rings (SSSR count). The van der Waals surface area contributed by atoms with Crippen molar-refractivity contribution in [2.75, 3.05) is 22.9 Å². The van der Waals surface area contributed by atoms with Crippen molar-refractivity contribution >= 4 is 29.7 Å². The van der Waals surface area contributed by atoms with Crippen LogP contribution in [0.4, 0.5) is 16.3 Å². The zero-order chi connectivity index (χ0) is 18.7. The van der Waals surface area contributed by atoms with Crippen LogP contribution in [0.25, 0.3) is 0 Å². The first-order valence-electron chi connectivity index (χ1n) is 8.37. The highest BCUT2D eigenvalue weighted by molar-refractivity contribution is 6.06. The third-order valence-corrected chi connectivity index (χ3v) is 4.19. The molecule has 2 aromatic rings. The molecule has 3 heterocycles. The van der Waals surface area contributed by atoms with Gasteiger partial charge in [0.25, 0.3) is 0 Å². The third-order valence-electron chi connectivity index (χ3n) is 4.19. The number of nitrogens with one attached hydrogen (secondary N) is 2. The Balaban J connectivity index is 1.84. The average molecular weight is 351 g/mol. The van der Waals surface area contributed by atoms with Gasteiger partial charge in [-0.15, -0.1) is 0 Å². The monoisotopic (exact) mass is 351 g/mol. The Labute approximate surface area is 152 Å². The van der Waals surface area contributed by atoms with Crippen LogP contribution in [-0.4, -0.2) is 52.2 Å². The number of hydrogen-bond donors (Lipinski definition) is 2. The van der Waals surface area contributed by atoms with Gasteiger partial charge in [-0.05, 0) is 38.1 Å². The fourth-order valence-corrected chi connectivity index (χ4v) is 2.82. The lowest BCUT2D eigenvalue weighted by molar-refractivity contribution is 0.255. The molecule has 1 saturated heterocycles. The maximum absolute atomic E-state index is 12.8. The van der Waals surface area contributed by atoms with E-state index in [2.05, 4.69) is 9.97 Å². The van der Waals surface area contributed by atoms with Gasteiger partial charge in [-0.25, -0.2) is 9.78 Å². The number of anilines is 2. The average Bonchev–Trinajstić information content (AvgIpc) is 3.04. The molecule has 0 saturated carbocycles. The smallest absolute Gasteiger partial charge is 0.314 e. The summed E-state index contributed by atoms with van der Waals surface area (Å²) in [6.45, 7) is 4.88. The summed E-state index contributed by atoms with van der Waals surface area (Å²) in [5.41, 5.74) is 1.22. The molecule has 1 fully saturated rings. The molecule has 1 aliphatic rings. The first-order chi connectivity index (χ1) is 12.5. The van der Waals surface area contributed by atoms with Crippen molar-refractivity contribution in [2.24, 2.45) is 0 Å². The summed E-state index contributed by atoms with van der Waals surface area (Å²) in [6, 6.07) is 8.66. The summed E-state index contributed by atoms with van der Waals surface area (Å²) in [6.07, 6.45) is 4.43. The van der Waals surface area contributed by atoms with Crippen LogP contribution in [0.3, 0.4) is 0 Å². The molecule has 0 aromatic carbocycles. The van der Waals surface area contributed by atoms with Gasteiger partial charge in [0, 0.05) is 37.2 Å². The zero-order valence-electron chi connectivity index (χ0n) is 14.8. The zero-order valence-corrected chi connectivity index (χ0v) is 14.8. The SMILES string of the molecule is CC(C)N(C=N)C(=N)c1cccc(N2CCN(c3ccncc3)C2=O)n1. The highest BCUT2D eigenvalue weighted by atomic mass is 16.2. The number of hydrogen-bond acceptors (Lipinski definition) is 5. The standard InChI is InChI=1S/C18H21N7O/c1-13(2)25(12-19)17(20)15-4-3-5-16(22-15)24-11-10-23(18(24)26)14-6-8-21-9-7-14/h3-9,12-13,19-20H,10-11H2,1-2H3. The van der Waals surface area contributed by atoms with Crippen LogP contribution in [0.1, 0.15) is 19.5 Å². The summed E-state index contributed by atoms with van der Waals surface area (Å²) >= 11 is 0. The van der Waals surface area contributed by atoms with Gasteiger partial charge in [0.2, 0.25) is 0 Å². The Bertz CT molecular complexity index is 821. The van der Waals surface area contributed by atoms with Crippen molar-refractivity contribution in [2.45, 2.75) is 19.9 Å². The fraction of sp³-hybridized carbons (Fsp3) is 0.278. The molecule has 2 N–H and O–H groups in total. The van der Waals surface area contributed by atoms with Gasteiger partial charge < -0.3 is 4.90 Å². The maximum atomic E-state index is 12.8. The molecule has 0 atom stereocenters. The molecular formula is C18H21N7O. The van der Waals surface area contributed by atoms with E-state index in [4.69, 9.17) is 10.8 Å². The predicted octanol–water partition coefficient (Wildman–Crippen LogP) is 2.57. The number of carbonyl (C=O) groups excluding carboxylic acids is 1. The maximum Gasteiger partial charge on any atom is 0.330 e. The first-order valence-corrected chi connectivity index (χ1v) is 8.37. The van der Waals surface area contributed by atoms with E-state index in [1.54, 1.807) is 52.5 Å². The van der Waals surface area contributed by atoms with E-state index in [0.717, 1.165) is 12.0 Å². The van der Waals surface area contributed by atoms with Gasteiger partial charge in [-0.1, -0.05) is 6.07 Å². The normalized spacial score (nSPS) is 14.0. The van der Waals surface area contributed by atoms with Crippen molar-refractivity contribution < 1.29 is 4.79 Å². The summed E-state index contributed by atoms with van der Waals surface area (Å²) < 4.78 is 0. The molecule has 134 valence electrons. The van der Waals surface area contributed by atoms with Gasteiger partial charge >= 0.3 is 6.03 Å². The van der Waals surface area contributed by atoms with E-state index in [1.807, 2.05) is 13.8 Å². The van der Waals surface area contributed by atoms with Crippen LogP contribution in [0.15, 0.2) is 42.7 Å². The summed E-state index contributed by atoms with van der Waals surface area (Å²) in [7, 11) is 0. The van der Waals surface area contributed by atoms with Crippen molar-refractivity contribution in [3.8, 4) is 0 Å². The minimum Gasteiger partial charge on any atom is -0.314 e. The summed E-state index contributed by atoms with van der Waals surface area (Å²) in [5.74, 6) is 0.636. The third kappa shape index (κ3) is 3.26. The number of rotatable bonds is 5. The first kappa shape index (κ1) is 17.5. The van der Waals surface area contributed by atoms with E-state index >= 15 is 0 Å². The highest BCUT2D eigenvalue weighted by Crippen LogP contribution is 2.23. The van der Waals surface area contributed by atoms with E-state index in [9.17, 15) is 4.79 Å². The van der Waals surface area contributed by atoms with Gasteiger partial charge in [0.15, 0.2) is 5.84 Å². The van der Waals surface area contributed by atoms with Gasteiger partial charge in [0.05, 0.1) is 6.34 Å². The van der Waals surface area contributed by atoms with Crippen molar-refractivity contribution in [3.63, 3.8) is 0 Å². The van der Waals surface area contributed by atoms with Crippen LogP contribution < -0.4 is 9.80 Å². The van der Waals surface area contributed by atoms with E-state index in [0.29, 0.717) is 24.6 Å². The molecule has 0 aliphatic carbocycles. The van der Waals surface area contributed by atoms with Crippen LogP contribution in [0, 0.1) is 10.8 Å². The predicted molar refractivity (Wildman–Crippen MR) is 101 cm³/mol. The van der Waals surface area contributed by atoms with Crippen molar-refractivity contribution in [1.29, 1.82) is 10.8 Å². The molecule has 0 unspecified atom stereocenters. The van der Waals surface area contributed by atoms with Crippen LogP contribution in [0.2, 0.25) is 0 Å². The summed E-state index contributed by atoms with van der Waals surface area (Å²) in [5, 5.41) is 15.8. The molecule has 2 aromatic heterocycles. The second kappa shape index (κ2) is 7.30. The lowest BCUT2D eigenvalue weighted by atomic mass is 10.2. The Morgan fingerprint density at radius 2 is 1.88 bits per heavy atom. The van der Waals surface area contributed by atoms with E-state index in [-0.39, 0.29) is 17.9 Å². The Hall–Kier alpha value is -3.29. The second-order valence-electron chi connectivity index (χ2n) is 6.15. The largest absolute Gasteiger partial charge is 0.330 e. The van der Waals surface area contributed by atoms with Gasteiger partial charge in [0.1, 0.15) is 11.5 Å². The number of nitrogens with zero attached hydrogens (tertiary/aromatic N) is 5. The van der Waals surface area contributed by atoms with Gasteiger partial charge in [-0.3, -0.25) is 25.6 Å². The number of urea groups is 1. The lowest BCUT2D eigenvalue weighted by Gasteiger charge is -2.24. The molecule has 8 heteroatoms. The molecule has 26 heavy (non-hydrogen) atoms. The highest BCUT2D eigenvalue weighted by Gasteiger charge is 2.31. The number of amidine groups is 1. The molecule has 0 bridgehead atoms. The number of amides is 2. The number of aromatic nitrogens is 2. The van der Waals surface area contributed by atoms with Crippen LogP contribution in [-0.2, 0) is 0 Å². The molecule has 0 spiro atoms. The Kier molecular flexibility index (Phi) is 4.92. The molecule has 0 radical (unpaired) electrons. The van der Waals surface area contributed by atoms with Crippen molar-refractivity contribution in [3.05, 3.63) is 48.4 Å². The molecular weight excluding hydrogens is 330 g/mol. The van der Waals surface area contributed by atoms with E-state index < -0.39 is 0 Å². The number of carbonyl (C=O) groups is 1. The quantitative estimate of drug-likeness (QED) is 0.638. The lowest BCUT2D eigenvalue weighted by Crippen LogP contribution is -2.36. The minimum atomic E-state index is -0.153. The van der Waals surface area contributed by atoms with Crippen LogP contribution >= 0.6 is 0 Å². The fourth-order valence-electron chi connectivity index (χ4n) is 2.82. The number of pyridine rings is 2. The molecule has 2 amide bonds. The molecule has 1 aliphatic heterocycles. The summed E-state index contributed by atoms with van der Waals surface area (Å²) in [4.78, 5) is 26.0. The van der Waals surface area contributed by atoms with E-state index in [1.165, 1.54) is 4.90 Å². The Morgan fingerprint density at radius 1 is 1.19 bits per heavy atom. The van der Waals surface area contributed by atoms with Gasteiger partial charge in [-0.2, -0.15) is 0 Å². The second-order valence-corrected chi connectivity index (χ2v) is 6.15. The topological polar surface area (TPSA) is 100 Å². The Morgan fingerprint density at radius 3 is 2.54 bits per heavy atom. The van der Waals surface area contributed by atoms with Crippen LogP contribution in [0.5, 0.6) is 0 Å². The van der Waals surface area contributed by atoms with Crippen molar-refractivity contribution in [1.82, 2.24) is 14.9 Å². The molecule has 8 nitrogen and oxygen atoms in total.